The minimum Gasteiger partial charge on any atom is -0.486 e. The first-order chi connectivity index (χ1) is 14.5. The van der Waals surface area contributed by atoms with Crippen molar-refractivity contribution >= 4 is 11.9 Å². The molecule has 4 bridgehead atoms. The van der Waals surface area contributed by atoms with Crippen molar-refractivity contribution in [1.29, 1.82) is 0 Å². The Morgan fingerprint density at radius 3 is 2.37 bits per heavy atom. The molecule has 1 amide bonds. The molecule has 30 heavy (non-hydrogen) atoms. The van der Waals surface area contributed by atoms with Crippen LogP contribution < -0.4 is 14.8 Å². The molecule has 4 aliphatic carbocycles. The Balaban J connectivity index is 1.11. The van der Waals surface area contributed by atoms with E-state index in [4.69, 9.17) is 14.2 Å². The van der Waals surface area contributed by atoms with Crippen molar-refractivity contribution in [3.05, 3.63) is 23.8 Å². The molecule has 6 heteroatoms. The van der Waals surface area contributed by atoms with E-state index in [2.05, 4.69) is 12.2 Å². The fourth-order valence-electron chi connectivity index (χ4n) is 6.71. The van der Waals surface area contributed by atoms with Gasteiger partial charge in [-0.3, -0.25) is 9.59 Å². The highest BCUT2D eigenvalue weighted by Gasteiger charge is 2.53. The molecule has 1 N–H and O–H groups in total. The van der Waals surface area contributed by atoms with Crippen molar-refractivity contribution in [1.82, 2.24) is 5.32 Å². The SMILES string of the molecule is C[C@@H](NC(=O)COC(=O)Cc1ccc2c(c1)OCCO2)C12CC3CC(CC(C3)C1)C2. The summed E-state index contributed by atoms with van der Waals surface area (Å²) < 4.78 is 16.3. The summed E-state index contributed by atoms with van der Waals surface area (Å²) in [6, 6.07) is 5.56. The van der Waals surface area contributed by atoms with E-state index in [-0.39, 0.29) is 30.4 Å². The van der Waals surface area contributed by atoms with Crippen LogP contribution in [0.15, 0.2) is 18.2 Å². The van der Waals surface area contributed by atoms with E-state index in [1.165, 1.54) is 38.5 Å². The minimum atomic E-state index is -0.413. The topological polar surface area (TPSA) is 73.9 Å². The van der Waals surface area contributed by atoms with E-state index in [9.17, 15) is 9.59 Å². The zero-order valence-electron chi connectivity index (χ0n) is 17.7. The quantitative estimate of drug-likeness (QED) is 0.725. The number of hydrogen-bond donors (Lipinski definition) is 1. The fourth-order valence-corrected chi connectivity index (χ4v) is 6.71. The highest BCUT2D eigenvalue weighted by Crippen LogP contribution is 2.61. The van der Waals surface area contributed by atoms with Crippen LogP contribution in [0.5, 0.6) is 11.5 Å². The van der Waals surface area contributed by atoms with Gasteiger partial charge in [0.2, 0.25) is 0 Å². The standard InChI is InChI=1S/C24H31NO5/c1-15(24-11-17-6-18(12-24)8-19(7-17)13-24)25-22(26)14-30-23(27)10-16-2-3-20-21(9-16)29-5-4-28-20/h2-3,9,15,17-19H,4-8,10-14H2,1H3,(H,25,26)/t15-,17?,18?,19?,24?/m1/s1. The molecule has 4 fully saturated rings. The molecule has 1 atom stereocenters. The normalized spacial score (nSPS) is 31.8. The van der Waals surface area contributed by atoms with E-state index in [0.717, 1.165) is 23.3 Å². The Kier molecular flexibility index (Phi) is 5.11. The molecule has 1 aliphatic heterocycles. The smallest absolute Gasteiger partial charge is 0.310 e. The minimum absolute atomic E-state index is 0.106. The average Bonchev–Trinajstić information content (AvgIpc) is 2.71. The highest BCUT2D eigenvalue weighted by molar-refractivity contribution is 5.81. The lowest BCUT2D eigenvalue weighted by atomic mass is 9.48. The maximum atomic E-state index is 12.5. The second-order valence-electron chi connectivity index (χ2n) is 9.88. The zero-order chi connectivity index (χ0) is 20.7. The molecule has 1 aromatic rings. The lowest BCUT2D eigenvalue weighted by Gasteiger charge is -2.59. The number of carbonyl (C=O) groups excluding carboxylic acids is 2. The number of benzene rings is 1. The summed E-state index contributed by atoms with van der Waals surface area (Å²) in [6.45, 7) is 2.95. The molecule has 0 saturated heterocycles. The highest BCUT2D eigenvalue weighted by atomic mass is 16.6. The largest absolute Gasteiger partial charge is 0.486 e. The lowest BCUT2D eigenvalue weighted by molar-refractivity contribution is -0.148. The summed E-state index contributed by atoms with van der Waals surface area (Å²) >= 11 is 0. The first-order valence-corrected chi connectivity index (χ1v) is 11.3. The molecule has 5 aliphatic rings. The number of esters is 1. The van der Waals surface area contributed by atoms with Gasteiger partial charge in [0.25, 0.3) is 5.91 Å². The first kappa shape index (κ1) is 19.7. The number of carbonyl (C=O) groups is 2. The average molecular weight is 414 g/mol. The first-order valence-electron chi connectivity index (χ1n) is 11.3. The molecule has 6 nitrogen and oxygen atoms in total. The summed E-state index contributed by atoms with van der Waals surface area (Å²) in [5.41, 5.74) is 1.03. The van der Waals surface area contributed by atoms with Gasteiger partial charge in [-0.05, 0) is 86.3 Å². The van der Waals surface area contributed by atoms with Gasteiger partial charge >= 0.3 is 5.97 Å². The van der Waals surface area contributed by atoms with Crippen molar-refractivity contribution < 1.29 is 23.8 Å². The molecular weight excluding hydrogens is 382 g/mol. The number of ether oxygens (including phenoxy) is 3. The van der Waals surface area contributed by atoms with Gasteiger partial charge in [0.05, 0.1) is 6.42 Å². The maximum absolute atomic E-state index is 12.5. The van der Waals surface area contributed by atoms with E-state index >= 15 is 0 Å². The molecule has 0 unspecified atom stereocenters. The number of fused-ring (bicyclic) bond motifs is 1. The third-order valence-corrected chi connectivity index (χ3v) is 7.70. The number of rotatable bonds is 6. The van der Waals surface area contributed by atoms with E-state index in [1.807, 2.05) is 6.07 Å². The molecule has 0 aromatic heterocycles. The summed E-state index contributed by atoms with van der Waals surface area (Å²) in [5.74, 6) is 3.27. The molecular formula is C24H31NO5. The van der Waals surface area contributed by atoms with Crippen LogP contribution in [0.4, 0.5) is 0 Å². The van der Waals surface area contributed by atoms with Gasteiger partial charge in [-0.1, -0.05) is 6.07 Å². The Morgan fingerprint density at radius 2 is 1.70 bits per heavy atom. The molecule has 0 radical (unpaired) electrons. The predicted molar refractivity (Wildman–Crippen MR) is 110 cm³/mol. The number of hydrogen-bond acceptors (Lipinski definition) is 5. The van der Waals surface area contributed by atoms with Crippen LogP contribution >= 0.6 is 0 Å². The second-order valence-corrected chi connectivity index (χ2v) is 9.88. The van der Waals surface area contributed by atoms with E-state index in [0.29, 0.717) is 24.7 Å². The van der Waals surface area contributed by atoms with Gasteiger partial charge < -0.3 is 19.5 Å². The second kappa shape index (κ2) is 7.78. The molecule has 6 rings (SSSR count). The Morgan fingerprint density at radius 1 is 1.07 bits per heavy atom. The Labute approximate surface area is 177 Å². The van der Waals surface area contributed by atoms with Gasteiger partial charge in [-0.25, -0.2) is 0 Å². The van der Waals surface area contributed by atoms with Crippen LogP contribution in [0, 0.1) is 23.2 Å². The predicted octanol–water partition coefficient (Wildman–Crippen LogP) is 3.26. The van der Waals surface area contributed by atoms with Crippen LogP contribution in [0.1, 0.15) is 51.0 Å². The van der Waals surface area contributed by atoms with Crippen LogP contribution in [0.2, 0.25) is 0 Å². The molecule has 4 saturated carbocycles. The maximum Gasteiger partial charge on any atom is 0.310 e. The van der Waals surface area contributed by atoms with Crippen LogP contribution in [-0.2, 0) is 20.7 Å². The molecule has 162 valence electrons. The third-order valence-electron chi connectivity index (χ3n) is 7.70. The fraction of sp³-hybridized carbons (Fsp3) is 0.667. The van der Waals surface area contributed by atoms with Crippen molar-refractivity contribution in [2.45, 2.75) is 57.9 Å². The molecule has 1 aromatic carbocycles. The van der Waals surface area contributed by atoms with Crippen LogP contribution in [-0.4, -0.2) is 37.7 Å². The van der Waals surface area contributed by atoms with Crippen molar-refractivity contribution in [2.24, 2.45) is 23.2 Å². The molecule has 0 spiro atoms. The Bertz CT molecular complexity index is 800. The van der Waals surface area contributed by atoms with Gasteiger partial charge in [0.1, 0.15) is 13.2 Å². The monoisotopic (exact) mass is 413 g/mol. The van der Waals surface area contributed by atoms with Gasteiger partial charge in [-0.15, -0.1) is 0 Å². The van der Waals surface area contributed by atoms with E-state index in [1.54, 1.807) is 12.1 Å². The van der Waals surface area contributed by atoms with Gasteiger partial charge in [-0.2, -0.15) is 0 Å². The van der Waals surface area contributed by atoms with Crippen molar-refractivity contribution in [2.75, 3.05) is 19.8 Å². The molecule has 1 heterocycles. The summed E-state index contributed by atoms with van der Waals surface area (Å²) in [5, 5.41) is 3.14. The number of amides is 1. The lowest BCUT2D eigenvalue weighted by Crippen LogP contribution is -2.56. The van der Waals surface area contributed by atoms with Gasteiger partial charge in [0, 0.05) is 6.04 Å². The number of nitrogens with one attached hydrogen (secondary N) is 1. The van der Waals surface area contributed by atoms with Crippen molar-refractivity contribution in [3.63, 3.8) is 0 Å². The Hall–Kier alpha value is -2.24. The summed E-state index contributed by atoms with van der Waals surface area (Å²) in [4.78, 5) is 24.7. The van der Waals surface area contributed by atoms with Crippen LogP contribution in [0.25, 0.3) is 0 Å². The third kappa shape index (κ3) is 3.88. The van der Waals surface area contributed by atoms with Crippen LogP contribution in [0.3, 0.4) is 0 Å². The van der Waals surface area contributed by atoms with E-state index < -0.39 is 5.97 Å². The zero-order valence-corrected chi connectivity index (χ0v) is 17.7. The summed E-state index contributed by atoms with van der Waals surface area (Å²) in [7, 11) is 0. The summed E-state index contributed by atoms with van der Waals surface area (Å²) in [6.07, 6.45) is 7.99. The van der Waals surface area contributed by atoms with Crippen molar-refractivity contribution in [3.8, 4) is 11.5 Å². The van der Waals surface area contributed by atoms with Gasteiger partial charge in [0.15, 0.2) is 18.1 Å².